The summed E-state index contributed by atoms with van der Waals surface area (Å²) in [6.07, 6.45) is -0.0191. The Hall–Kier alpha value is -1.27. The minimum Gasteiger partial charge on any atom is -0.490 e. The van der Waals surface area contributed by atoms with Crippen molar-refractivity contribution in [3.8, 4) is 11.5 Å². The van der Waals surface area contributed by atoms with Crippen LogP contribution in [0.3, 0.4) is 0 Å². The number of carbonyl (C=O) groups is 1. The van der Waals surface area contributed by atoms with E-state index in [-0.39, 0.29) is 5.97 Å². The first kappa shape index (κ1) is 14.1. The van der Waals surface area contributed by atoms with Crippen LogP contribution in [-0.2, 0) is 16.1 Å². The lowest BCUT2D eigenvalue weighted by Crippen LogP contribution is -2.22. The van der Waals surface area contributed by atoms with Gasteiger partial charge in [0.15, 0.2) is 17.6 Å². The maximum absolute atomic E-state index is 11.5. The smallest absolute Gasteiger partial charge is 0.347 e. The SMILES string of the molecule is CCOc1cc(CN)cc(Br)c1OC1CCOC1=O. The van der Waals surface area contributed by atoms with Crippen LogP contribution in [0.1, 0.15) is 18.9 Å². The van der Waals surface area contributed by atoms with Gasteiger partial charge in [0.1, 0.15) is 0 Å². The average Bonchev–Trinajstić information content (AvgIpc) is 2.79. The molecule has 104 valence electrons. The van der Waals surface area contributed by atoms with Crippen molar-refractivity contribution in [2.75, 3.05) is 13.2 Å². The Labute approximate surface area is 120 Å². The highest BCUT2D eigenvalue weighted by molar-refractivity contribution is 9.10. The van der Waals surface area contributed by atoms with Gasteiger partial charge in [0.2, 0.25) is 0 Å². The van der Waals surface area contributed by atoms with E-state index in [1.807, 2.05) is 19.1 Å². The van der Waals surface area contributed by atoms with Gasteiger partial charge in [-0.2, -0.15) is 0 Å². The van der Waals surface area contributed by atoms with Crippen molar-refractivity contribution >= 4 is 21.9 Å². The molecule has 1 aliphatic rings. The van der Waals surface area contributed by atoms with Crippen LogP contribution in [0.25, 0.3) is 0 Å². The minimum absolute atomic E-state index is 0.336. The Balaban J connectivity index is 2.29. The Kier molecular flexibility index (Phi) is 4.66. The summed E-state index contributed by atoms with van der Waals surface area (Å²) in [6, 6.07) is 3.68. The molecule has 0 aromatic heterocycles. The molecule has 1 atom stereocenters. The molecule has 2 rings (SSSR count). The van der Waals surface area contributed by atoms with Crippen molar-refractivity contribution in [3.05, 3.63) is 22.2 Å². The van der Waals surface area contributed by atoms with Gasteiger partial charge in [0.05, 0.1) is 17.7 Å². The van der Waals surface area contributed by atoms with Gasteiger partial charge in [-0.3, -0.25) is 0 Å². The van der Waals surface area contributed by atoms with E-state index in [0.29, 0.717) is 37.7 Å². The maximum atomic E-state index is 11.5. The van der Waals surface area contributed by atoms with E-state index in [1.165, 1.54) is 0 Å². The number of rotatable bonds is 5. The molecule has 0 bridgehead atoms. The van der Waals surface area contributed by atoms with Gasteiger partial charge < -0.3 is 19.9 Å². The summed E-state index contributed by atoms with van der Waals surface area (Å²) in [5.41, 5.74) is 6.56. The Morgan fingerprint density at radius 3 is 2.89 bits per heavy atom. The lowest BCUT2D eigenvalue weighted by Gasteiger charge is -2.17. The number of benzene rings is 1. The molecule has 1 saturated heterocycles. The minimum atomic E-state index is -0.570. The third kappa shape index (κ3) is 3.19. The molecule has 0 amide bonds. The normalized spacial score (nSPS) is 18.3. The molecule has 5 nitrogen and oxygen atoms in total. The molecule has 1 aliphatic heterocycles. The first-order valence-corrected chi connectivity index (χ1v) is 6.93. The van der Waals surface area contributed by atoms with E-state index in [4.69, 9.17) is 19.9 Å². The molecule has 1 fully saturated rings. The number of cyclic esters (lactones) is 1. The zero-order valence-corrected chi connectivity index (χ0v) is 12.2. The fraction of sp³-hybridized carbons (Fsp3) is 0.462. The quantitative estimate of drug-likeness (QED) is 0.836. The lowest BCUT2D eigenvalue weighted by molar-refractivity contribution is -0.143. The fourth-order valence-electron chi connectivity index (χ4n) is 1.84. The number of halogens is 1. The number of carbonyl (C=O) groups excluding carboxylic acids is 1. The molecule has 0 spiro atoms. The summed E-state index contributed by atoms with van der Waals surface area (Å²) in [5, 5.41) is 0. The Morgan fingerprint density at radius 2 is 2.32 bits per heavy atom. The summed E-state index contributed by atoms with van der Waals surface area (Å²) >= 11 is 3.42. The average molecular weight is 330 g/mol. The topological polar surface area (TPSA) is 70.8 Å². The van der Waals surface area contributed by atoms with Crippen molar-refractivity contribution in [3.63, 3.8) is 0 Å². The van der Waals surface area contributed by atoms with Gasteiger partial charge in [-0.1, -0.05) is 0 Å². The van der Waals surface area contributed by atoms with Gasteiger partial charge in [-0.15, -0.1) is 0 Å². The first-order valence-electron chi connectivity index (χ1n) is 6.14. The monoisotopic (exact) mass is 329 g/mol. The molecule has 1 aromatic rings. The highest BCUT2D eigenvalue weighted by Crippen LogP contribution is 2.38. The molecule has 0 saturated carbocycles. The molecular formula is C13H16BrNO4. The van der Waals surface area contributed by atoms with Crippen LogP contribution in [0.4, 0.5) is 0 Å². The number of esters is 1. The zero-order valence-electron chi connectivity index (χ0n) is 10.6. The van der Waals surface area contributed by atoms with E-state index in [1.54, 1.807) is 0 Å². The number of ether oxygens (including phenoxy) is 3. The number of hydrogen-bond donors (Lipinski definition) is 1. The second-order valence-corrected chi connectivity index (χ2v) is 4.96. The highest BCUT2D eigenvalue weighted by Gasteiger charge is 2.30. The third-order valence-electron chi connectivity index (χ3n) is 2.75. The van der Waals surface area contributed by atoms with Gasteiger partial charge in [-0.05, 0) is 40.5 Å². The van der Waals surface area contributed by atoms with Gasteiger partial charge >= 0.3 is 5.97 Å². The summed E-state index contributed by atoms with van der Waals surface area (Å²) in [7, 11) is 0. The van der Waals surface area contributed by atoms with Crippen molar-refractivity contribution in [1.82, 2.24) is 0 Å². The summed E-state index contributed by atoms with van der Waals surface area (Å²) in [6.45, 7) is 3.19. The van der Waals surface area contributed by atoms with Crippen molar-refractivity contribution in [1.29, 1.82) is 0 Å². The van der Waals surface area contributed by atoms with Crippen molar-refractivity contribution in [2.45, 2.75) is 26.0 Å². The molecule has 2 N–H and O–H groups in total. The van der Waals surface area contributed by atoms with Gasteiger partial charge in [-0.25, -0.2) is 4.79 Å². The predicted molar refractivity (Wildman–Crippen MR) is 73.2 cm³/mol. The number of hydrogen-bond acceptors (Lipinski definition) is 5. The second kappa shape index (κ2) is 6.25. The molecule has 1 heterocycles. The van der Waals surface area contributed by atoms with E-state index in [0.717, 1.165) is 10.0 Å². The standard InChI is InChI=1S/C13H16BrNO4/c1-2-17-11-6-8(7-15)5-9(14)12(11)19-10-3-4-18-13(10)16/h5-6,10H,2-4,7,15H2,1H3. The molecule has 6 heteroatoms. The van der Waals surface area contributed by atoms with E-state index in [2.05, 4.69) is 15.9 Å². The largest absolute Gasteiger partial charge is 0.490 e. The van der Waals surface area contributed by atoms with Crippen LogP contribution in [0.2, 0.25) is 0 Å². The molecular weight excluding hydrogens is 314 g/mol. The van der Waals surface area contributed by atoms with Crippen LogP contribution >= 0.6 is 15.9 Å². The Bertz CT molecular complexity index is 478. The van der Waals surface area contributed by atoms with Crippen LogP contribution < -0.4 is 15.2 Å². The third-order valence-corrected chi connectivity index (χ3v) is 3.34. The van der Waals surface area contributed by atoms with Crippen LogP contribution in [0, 0.1) is 0 Å². The van der Waals surface area contributed by atoms with Gasteiger partial charge in [0.25, 0.3) is 0 Å². The van der Waals surface area contributed by atoms with Crippen LogP contribution in [0.15, 0.2) is 16.6 Å². The molecule has 0 aliphatic carbocycles. The first-order chi connectivity index (χ1) is 9.15. The summed E-state index contributed by atoms with van der Waals surface area (Å²) in [5.74, 6) is 0.761. The second-order valence-electron chi connectivity index (χ2n) is 4.10. The van der Waals surface area contributed by atoms with Gasteiger partial charge in [0, 0.05) is 13.0 Å². The van der Waals surface area contributed by atoms with E-state index >= 15 is 0 Å². The fourth-order valence-corrected chi connectivity index (χ4v) is 2.43. The number of nitrogens with two attached hydrogens (primary N) is 1. The predicted octanol–water partition coefficient (Wildman–Crippen LogP) is 2.00. The summed E-state index contributed by atoms with van der Waals surface area (Å²) < 4.78 is 16.9. The van der Waals surface area contributed by atoms with E-state index < -0.39 is 6.10 Å². The van der Waals surface area contributed by atoms with Crippen LogP contribution in [-0.4, -0.2) is 25.3 Å². The Morgan fingerprint density at radius 1 is 1.53 bits per heavy atom. The van der Waals surface area contributed by atoms with Crippen molar-refractivity contribution < 1.29 is 19.0 Å². The van der Waals surface area contributed by atoms with Crippen molar-refractivity contribution in [2.24, 2.45) is 5.73 Å². The summed E-state index contributed by atoms with van der Waals surface area (Å²) in [4.78, 5) is 11.5. The molecule has 1 unspecified atom stereocenters. The highest BCUT2D eigenvalue weighted by atomic mass is 79.9. The lowest BCUT2D eigenvalue weighted by atomic mass is 10.2. The maximum Gasteiger partial charge on any atom is 0.347 e. The van der Waals surface area contributed by atoms with E-state index in [9.17, 15) is 4.79 Å². The molecule has 19 heavy (non-hydrogen) atoms. The zero-order chi connectivity index (χ0) is 13.8. The molecule has 0 radical (unpaired) electrons. The van der Waals surface area contributed by atoms with Crippen LogP contribution in [0.5, 0.6) is 11.5 Å². The molecule has 1 aromatic carbocycles.